The summed E-state index contributed by atoms with van der Waals surface area (Å²) in [5.41, 5.74) is 1.78. The van der Waals surface area contributed by atoms with Gasteiger partial charge in [-0.1, -0.05) is 0 Å². The number of carbonyl (C=O) groups is 2. The van der Waals surface area contributed by atoms with Crippen molar-refractivity contribution in [3.05, 3.63) is 53.6 Å². The van der Waals surface area contributed by atoms with Crippen LogP contribution in [0.3, 0.4) is 0 Å². The fraction of sp³-hybridized carbons (Fsp3) is 0.391. The van der Waals surface area contributed by atoms with Crippen LogP contribution in [0.2, 0.25) is 0 Å². The Hall–Kier alpha value is -2.95. The number of rotatable bonds is 8. The van der Waals surface area contributed by atoms with Gasteiger partial charge >= 0.3 is 5.97 Å². The second-order valence-electron chi connectivity index (χ2n) is 7.39. The maximum atomic E-state index is 13.1. The molecule has 33 heavy (non-hydrogen) atoms. The highest BCUT2D eigenvalue weighted by Crippen LogP contribution is 2.31. The summed E-state index contributed by atoms with van der Waals surface area (Å²) in [6, 6.07) is 10.8. The molecule has 9 nitrogen and oxygen atoms in total. The van der Waals surface area contributed by atoms with Gasteiger partial charge in [0.2, 0.25) is 10.0 Å². The summed E-state index contributed by atoms with van der Waals surface area (Å²) in [5.74, 6) is -0.910. The molecule has 178 valence electrons. The zero-order chi connectivity index (χ0) is 24.0. The van der Waals surface area contributed by atoms with E-state index in [0.29, 0.717) is 43.1 Å². The van der Waals surface area contributed by atoms with Crippen LogP contribution in [0.4, 0.5) is 11.4 Å². The van der Waals surface area contributed by atoms with E-state index in [1.807, 2.05) is 18.7 Å². The molecule has 10 heteroatoms. The number of morpholine rings is 1. The Kier molecular flexibility index (Phi) is 8.06. The van der Waals surface area contributed by atoms with E-state index in [9.17, 15) is 18.0 Å². The zero-order valence-corrected chi connectivity index (χ0v) is 19.9. The smallest absolute Gasteiger partial charge is 0.337 e. The lowest BCUT2D eigenvalue weighted by atomic mass is 10.1. The largest absolute Gasteiger partial charge is 0.465 e. The van der Waals surface area contributed by atoms with Crippen molar-refractivity contribution < 1.29 is 27.5 Å². The van der Waals surface area contributed by atoms with Crippen molar-refractivity contribution in [3.8, 4) is 0 Å². The Morgan fingerprint density at radius 1 is 1.03 bits per heavy atom. The Bertz CT molecular complexity index is 1090. The van der Waals surface area contributed by atoms with E-state index in [1.54, 1.807) is 12.1 Å². The third-order valence-electron chi connectivity index (χ3n) is 5.50. The summed E-state index contributed by atoms with van der Waals surface area (Å²) < 4.78 is 37.6. The highest BCUT2D eigenvalue weighted by Gasteiger charge is 2.27. The first-order valence-electron chi connectivity index (χ1n) is 10.8. The first-order valence-corrected chi connectivity index (χ1v) is 12.2. The predicted octanol–water partition coefficient (Wildman–Crippen LogP) is 2.59. The minimum Gasteiger partial charge on any atom is -0.465 e. The molecule has 1 saturated heterocycles. The number of ether oxygens (including phenoxy) is 2. The minimum absolute atomic E-state index is 0.108. The second kappa shape index (κ2) is 10.8. The maximum Gasteiger partial charge on any atom is 0.337 e. The standard InChI is InChI=1S/C23H29N3O6S/c1-4-25(5-2)21-11-10-19(33(29,30)26-12-14-32-15-13-26)16-20(21)24-22(27)17-6-8-18(9-7-17)23(28)31-3/h6-11,16H,4-5,12-15H2,1-3H3,(H,24,27). The van der Waals surface area contributed by atoms with Gasteiger partial charge in [-0.25, -0.2) is 13.2 Å². The fourth-order valence-corrected chi connectivity index (χ4v) is 5.06. The number of carbonyl (C=O) groups excluding carboxylic acids is 2. The van der Waals surface area contributed by atoms with Crippen LogP contribution in [0.5, 0.6) is 0 Å². The number of sulfonamides is 1. The van der Waals surface area contributed by atoms with Crippen molar-refractivity contribution in [2.45, 2.75) is 18.7 Å². The van der Waals surface area contributed by atoms with Gasteiger partial charge in [-0.05, 0) is 56.3 Å². The Labute approximate surface area is 194 Å². The summed E-state index contributed by atoms with van der Waals surface area (Å²) in [6.07, 6.45) is 0. The average Bonchev–Trinajstić information content (AvgIpc) is 2.85. The zero-order valence-electron chi connectivity index (χ0n) is 19.0. The molecule has 3 rings (SSSR count). The molecule has 0 atom stereocenters. The normalized spacial score (nSPS) is 14.5. The number of nitrogens with one attached hydrogen (secondary N) is 1. The molecule has 1 aliphatic heterocycles. The molecule has 0 radical (unpaired) electrons. The van der Waals surface area contributed by atoms with Gasteiger partial charge in [0.15, 0.2) is 0 Å². The second-order valence-corrected chi connectivity index (χ2v) is 9.33. The molecule has 2 aromatic rings. The van der Waals surface area contributed by atoms with E-state index in [0.717, 1.165) is 5.69 Å². The Morgan fingerprint density at radius 2 is 1.64 bits per heavy atom. The predicted molar refractivity (Wildman–Crippen MR) is 125 cm³/mol. The number of nitrogens with zero attached hydrogens (tertiary/aromatic N) is 2. The monoisotopic (exact) mass is 475 g/mol. The highest BCUT2D eigenvalue weighted by molar-refractivity contribution is 7.89. The molecule has 0 unspecified atom stereocenters. The van der Waals surface area contributed by atoms with Gasteiger partial charge in [0.05, 0.1) is 42.2 Å². The number of amides is 1. The molecule has 1 fully saturated rings. The summed E-state index contributed by atoms with van der Waals surface area (Å²) in [4.78, 5) is 26.7. The quantitative estimate of drug-likeness (QED) is 0.585. The topological polar surface area (TPSA) is 105 Å². The molecule has 1 heterocycles. The van der Waals surface area contributed by atoms with E-state index in [2.05, 4.69) is 10.1 Å². The van der Waals surface area contributed by atoms with Crippen LogP contribution < -0.4 is 10.2 Å². The van der Waals surface area contributed by atoms with Crippen molar-refractivity contribution in [2.75, 3.05) is 56.7 Å². The highest BCUT2D eigenvalue weighted by atomic mass is 32.2. The SMILES string of the molecule is CCN(CC)c1ccc(S(=O)(=O)N2CCOCC2)cc1NC(=O)c1ccc(C(=O)OC)cc1. The third-order valence-corrected chi connectivity index (χ3v) is 7.39. The molecule has 1 N–H and O–H groups in total. The van der Waals surface area contributed by atoms with Crippen LogP contribution in [-0.2, 0) is 19.5 Å². The molecule has 0 aliphatic carbocycles. The van der Waals surface area contributed by atoms with E-state index in [-0.39, 0.29) is 18.0 Å². The Balaban J connectivity index is 1.94. The molecule has 0 aromatic heterocycles. The van der Waals surface area contributed by atoms with Crippen LogP contribution in [-0.4, -0.2) is 71.1 Å². The number of anilines is 2. The van der Waals surface area contributed by atoms with Gasteiger partial charge in [0.25, 0.3) is 5.91 Å². The van der Waals surface area contributed by atoms with Gasteiger partial charge in [-0.2, -0.15) is 4.31 Å². The molecule has 1 amide bonds. The molecule has 0 bridgehead atoms. The summed E-state index contributed by atoms with van der Waals surface area (Å²) in [7, 11) is -2.44. The van der Waals surface area contributed by atoms with Crippen molar-refractivity contribution in [2.24, 2.45) is 0 Å². The summed E-state index contributed by atoms with van der Waals surface area (Å²) in [5, 5.41) is 2.85. The molecular formula is C23H29N3O6S. The van der Waals surface area contributed by atoms with Crippen LogP contribution in [0, 0.1) is 0 Å². The average molecular weight is 476 g/mol. The van der Waals surface area contributed by atoms with Crippen LogP contribution in [0.15, 0.2) is 47.4 Å². The van der Waals surface area contributed by atoms with Gasteiger partial charge in [-0.3, -0.25) is 4.79 Å². The summed E-state index contributed by atoms with van der Waals surface area (Å²) in [6.45, 7) is 6.61. The molecular weight excluding hydrogens is 446 g/mol. The van der Waals surface area contributed by atoms with Crippen molar-refractivity contribution in [1.82, 2.24) is 4.31 Å². The molecule has 0 spiro atoms. The van der Waals surface area contributed by atoms with Crippen LogP contribution in [0.1, 0.15) is 34.6 Å². The van der Waals surface area contributed by atoms with E-state index < -0.39 is 21.9 Å². The molecule has 2 aromatic carbocycles. The van der Waals surface area contributed by atoms with Gasteiger partial charge in [-0.15, -0.1) is 0 Å². The molecule has 0 saturated carbocycles. The fourth-order valence-electron chi connectivity index (χ4n) is 3.62. The van der Waals surface area contributed by atoms with Crippen molar-refractivity contribution in [1.29, 1.82) is 0 Å². The van der Waals surface area contributed by atoms with E-state index >= 15 is 0 Å². The minimum atomic E-state index is -3.73. The number of hydrogen-bond acceptors (Lipinski definition) is 7. The summed E-state index contributed by atoms with van der Waals surface area (Å²) >= 11 is 0. The number of hydrogen-bond donors (Lipinski definition) is 1. The molecule has 1 aliphatic rings. The first-order chi connectivity index (χ1) is 15.8. The van der Waals surface area contributed by atoms with E-state index in [1.165, 1.54) is 41.7 Å². The Morgan fingerprint density at radius 3 is 2.21 bits per heavy atom. The number of esters is 1. The van der Waals surface area contributed by atoms with Gasteiger partial charge < -0.3 is 19.7 Å². The number of methoxy groups -OCH3 is 1. The first kappa shape index (κ1) is 24.7. The number of benzene rings is 2. The van der Waals surface area contributed by atoms with Crippen molar-refractivity contribution >= 4 is 33.3 Å². The lowest BCUT2D eigenvalue weighted by Gasteiger charge is -2.28. The third kappa shape index (κ3) is 5.52. The van der Waals surface area contributed by atoms with Crippen LogP contribution >= 0.6 is 0 Å². The lowest BCUT2D eigenvalue weighted by molar-refractivity contribution is 0.0600. The van der Waals surface area contributed by atoms with Crippen LogP contribution in [0.25, 0.3) is 0 Å². The van der Waals surface area contributed by atoms with Crippen molar-refractivity contribution in [3.63, 3.8) is 0 Å². The van der Waals surface area contributed by atoms with E-state index in [4.69, 9.17) is 4.74 Å². The maximum absolute atomic E-state index is 13.1. The lowest BCUT2D eigenvalue weighted by Crippen LogP contribution is -2.40. The van der Waals surface area contributed by atoms with Gasteiger partial charge in [0.1, 0.15) is 0 Å². The van der Waals surface area contributed by atoms with Gasteiger partial charge in [0, 0.05) is 31.7 Å².